The maximum Gasteiger partial charge on any atom is -0.0282 e. The molecule has 0 saturated heterocycles. The molecular weight excluding hydrogens is 144 g/mol. The molecule has 0 aliphatic heterocycles. The molecule has 0 aliphatic rings. The van der Waals surface area contributed by atoms with E-state index in [1.165, 1.54) is 24.8 Å². The van der Waals surface area contributed by atoms with Crippen LogP contribution < -0.4 is 0 Å². The van der Waals surface area contributed by atoms with Gasteiger partial charge in [0.15, 0.2) is 0 Å². The summed E-state index contributed by atoms with van der Waals surface area (Å²) in [5.41, 5.74) is 1.37. The highest BCUT2D eigenvalue weighted by atomic mass is 13.9. The summed E-state index contributed by atoms with van der Waals surface area (Å²) in [5.74, 6) is 0. The fourth-order valence-electron chi connectivity index (χ4n) is 0.745. The summed E-state index contributed by atoms with van der Waals surface area (Å²) in [7, 11) is 0. The molecule has 0 spiro atoms. The van der Waals surface area contributed by atoms with Gasteiger partial charge in [0.05, 0.1) is 0 Å². The van der Waals surface area contributed by atoms with Gasteiger partial charge in [0.2, 0.25) is 0 Å². The molecule has 0 aromatic heterocycles. The van der Waals surface area contributed by atoms with E-state index in [2.05, 4.69) is 33.1 Å². The Labute approximate surface area is 77.7 Å². The molecule has 0 heterocycles. The third-order valence-corrected chi connectivity index (χ3v) is 1.45. The molecule has 0 aromatic rings. The first-order chi connectivity index (χ1) is 5.76. The van der Waals surface area contributed by atoms with Crippen LogP contribution in [0.4, 0.5) is 0 Å². The van der Waals surface area contributed by atoms with Crippen LogP contribution >= 0.6 is 0 Å². The molecule has 0 heteroatoms. The maximum atomic E-state index is 3.72. The fraction of sp³-hybridized carbons (Fsp3) is 0.500. The Kier molecular flexibility index (Phi) is 14.8. The molecule has 0 N–H and O–H groups in total. The first-order valence-corrected chi connectivity index (χ1v) is 4.61. The number of unbranched alkanes of at least 4 members (excludes halogenated alkanes) is 1. The average molecular weight is 166 g/mol. The highest BCUT2D eigenvalue weighted by Crippen LogP contribution is 2.06. The topological polar surface area (TPSA) is 0 Å². The minimum absolute atomic E-state index is 1.19. The van der Waals surface area contributed by atoms with Crippen molar-refractivity contribution >= 4 is 0 Å². The highest BCUT2D eigenvalue weighted by Gasteiger charge is 1.86. The second-order valence-corrected chi connectivity index (χ2v) is 2.58. The predicted octanol–water partition coefficient (Wildman–Crippen LogP) is 4.50. The Morgan fingerprint density at radius 3 is 2.00 bits per heavy atom. The summed E-state index contributed by atoms with van der Waals surface area (Å²) in [4.78, 5) is 0. The Balaban J connectivity index is 0. The Hall–Kier alpha value is -0.780. The number of hydrogen-bond donors (Lipinski definition) is 0. The van der Waals surface area contributed by atoms with Gasteiger partial charge in [-0.05, 0) is 26.7 Å². The number of rotatable bonds is 4. The first kappa shape index (κ1) is 13.8. The van der Waals surface area contributed by atoms with Gasteiger partial charge in [-0.1, -0.05) is 43.7 Å². The fourth-order valence-corrected chi connectivity index (χ4v) is 0.745. The molecule has 0 bridgehead atoms. The van der Waals surface area contributed by atoms with Crippen LogP contribution in [0.25, 0.3) is 0 Å². The van der Waals surface area contributed by atoms with Crippen molar-refractivity contribution in [2.24, 2.45) is 0 Å². The van der Waals surface area contributed by atoms with Crippen LogP contribution in [0.15, 0.2) is 37.0 Å². The van der Waals surface area contributed by atoms with Crippen molar-refractivity contribution in [2.75, 3.05) is 0 Å². The molecule has 0 atom stereocenters. The van der Waals surface area contributed by atoms with E-state index in [1.807, 2.05) is 13.0 Å². The molecule has 70 valence electrons. The Bertz CT molecular complexity index is 129. The number of allylic oxidation sites excluding steroid dienone is 4. The van der Waals surface area contributed by atoms with Crippen LogP contribution in [0.2, 0.25) is 0 Å². The van der Waals surface area contributed by atoms with Gasteiger partial charge in [-0.15, -0.1) is 6.58 Å². The van der Waals surface area contributed by atoms with Crippen LogP contribution in [0.3, 0.4) is 0 Å². The van der Waals surface area contributed by atoms with E-state index in [1.54, 1.807) is 6.08 Å². The molecule has 12 heavy (non-hydrogen) atoms. The lowest BCUT2D eigenvalue weighted by molar-refractivity contribution is 0.797. The van der Waals surface area contributed by atoms with Crippen LogP contribution in [0.1, 0.15) is 40.0 Å². The monoisotopic (exact) mass is 166 g/mol. The van der Waals surface area contributed by atoms with Crippen molar-refractivity contribution in [1.29, 1.82) is 0 Å². The Morgan fingerprint density at radius 2 is 1.75 bits per heavy atom. The third-order valence-electron chi connectivity index (χ3n) is 1.45. The van der Waals surface area contributed by atoms with Crippen LogP contribution in [0.5, 0.6) is 0 Å². The summed E-state index contributed by atoms with van der Waals surface area (Å²) in [6.07, 6.45) is 9.56. The van der Waals surface area contributed by atoms with Gasteiger partial charge >= 0.3 is 0 Å². The van der Waals surface area contributed by atoms with Crippen LogP contribution in [-0.2, 0) is 0 Å². The van der Waals surface area contributed by atoms with Crippen molar-refractivity contribution in [2.45, 2.75) is 40.0 Å². The first-order valence-electron chi connectivity index (χ1n) is 4.61. The van der Waals surface area contributed by atoms with Gasteiger partial charge in [-0.25, -0.2) is 0 Å². The lowest BCUT2D eigenvalue weighted by Gasteiger charge is -1.96. The van der Waals surface area contributed by atoms with Gasteiger partial charge in [0.25, 0.3) is 0 Å². The quantitative estimate of drug-likeness (QED) is 0.426. The van der Waals surface area contributed by atoms with E-state index in [4.69, 9.17) is 0 Å². The van der Waals surface area contributed by atoms with Gasteiger partial charge < -0.3 is 0 Å². The summed E-state index contributed by atoms with van der Waals surface area (Å²) in [6, 6.07) is 0. The molecule has 0 amide bonds. The molecule has 0 saturated carbocycles. The summed E-state index contributed by atoms with van der Waals surface area (Å²) >= 11 is 0. The molecule has 0 aromatic carbocycles. The van der Waals surface area contributed by atoms with E-state index in [0.29, 0.717) is 0 Å². The van der Waals surface area contributed by atoms with Gasteiger partial charge in [-0.2, -0.15) is 0 Å². The smallest absolute Gasteiger partial charge is 0.0282 e. The highest BCUT2D eigenvalue weighted by molar-refractivity contribution is 5.14. The average Bonchev–Trinajstić information content (AvgIpc) is 2.08. The van der Waals surface area contributed by atoms with Crippen LogP contribution in [-0.4, -0.2) is 0 Å². The van der Waals surface area contributed by atoms with E-state index >= 15 is 0 Å². The second kappa shape index (κ2) is 12.9. The predicted molar refractivity (Wildman–Crippen MR) is 59.4 cm³/mol. The lowest BCUT2D eigenvalue weighted by atomic mass is 10.1. The Morgan fingerprint density at radius 1 is 1.25 bits per heavy atom. The van der Waals surface area contributed by atoms with Crippen molar-refractivity contribution in [3.05, 3.63) is 37.0 Å². The minimum atomic E-state index is 1.19. The van der Waals surface area contributed by atoms with Gasteiger partial charge in [0, 0.05) is 0 Å². The SMILES string of the molecule is C=C/C(=C\C)CCCC.C=CC. The molecule has 0 unspecified atom stereocenters. The van der Waals surface area contributed by atoms with E-state index in [0.717, 1.165) is 0 Å². The largest absolute Gasteiger partial charge is 0.103 e. The van der Waals surface area contributed by atoms with Crippen molar-refractivity contribution in [1.82, 2.24) is 0 Å². The van der Waals surface area contributed by atoms with Crippen LogP contribution in [0, 0.1) is 0 Å². The van der Waals surface area contributed by atoms with Gasteiger partial charge in [-0.3, -0.25) is 0 Å². The lowest BCUT2D eigenvalue weighted by Crippen LogP contribution is -1.76. The third kappa shape index (κ3) is 12.0. The molecule has 0 nitrogen and oxygen atoms in total. The zero-order valence-electron chi connectivity index (χ0n) is 8.77. The van der Waals surface area contributed by atoms with E-state index in [-0.39, 0.29) is 0 Å². The zero-order valence-corrected chi connectivity index (χ0v) is 8.77. The number of hydrogen-bond acceptors (Lipinski definition) is 0. The maximum absolute atomic E-state index is 3.72. The zero-order chi connectivity index (χ0) is 9.82. The summed E-state index contributed by atoms with van der Waals surface area (Å²) in [6.45, 7) is 13.2. The molecule has 0 rings (SSSR count). The van der Waals surface area contributed by atoms with E-state index in [9.17, 15) is 0 Å². The molecule has 0 fully saturated rings. The normalized spacial score (nSPS) is 9.75. The second-order valence-electron chi connectivity index (χ2n) is 2.58. The van der Waals surface area contributed by atoms with Crippen molar-refractivity contribution < 1.29 is 0 Å². The summed E-state index contributed by atoms with van der Waals surface area (Å²) < 4.78 is 0. The van der Waals surface area contributed by atoms with Gasteiger partial charge in [0.1, 0.15) is 0 Å². The molecule has 0 radical (unpaired) electrons. The standard InChI is InChI=1S/C9H16.C3H6/c1-4-7-8-9(5-2)6-3;1-3-2/h5-6H,2,4,7-8H2,1,3H3;3H,1H2,2H3/b9-6+;. The summed E-state index contributed by atoms with van der Waals surface area (Å²) in [5, 5.41) is 0. The van der Waals surface area contributed by atoms with E-state index < -0.39 is 0 Å². The van der Waals surface area contributed by atoms with Crippen molar-refractivity contribution in [3.8, 4) is 0 Å². The molecule has 0 aliphatic carbocycles. The molecular formula is C12H22. The van der Waals surface area contributed by atoms with Crippen molar-refractivity contribution in [3.63, 3.8) is 0 Å². The minimum Gasteiger partial charge on any atom is -0.103 e.